The molecule has 0 heterocycles. The molecule has 0 fully saturated rings. The number of non-ortho nitro benzene ring substituents is 1. The molecule has 0 aliphatic rings. The molecule has 140 valence electrons. The lowest BCUT2D eigenvalue weighted by molar-refractivity contribution is -0.384. The van der Waals surface area contributed by atoms with E-state index in [-0.39, 0.29) is 11.6 Å². The fraction of sp³-hybridized carbons (Fsp3) is 0.200. The van der Waals surface area contributed by atoms with Crippen LogP contribution in [0.1, 0.15) is 29.8 Å². The minimum absolute atomic E-state index is 0.0484. The molecule has 0 aliphatic carbocycles. The van der Waals surface area contributed by atoms with Gasteiger partial charge in [-0.1, -0.05) is 24.3 Å². The van der Waals surface area contributed by atoms with Crippen molar-refractivity contribution in [3.8, 4) is 0 Å². The predicted molar refractivity (Wildman–Crippen MR) is 104 cm³/mol. The zero-order chi connectivity index (χ0) is 19.8. The zero-order valence-electron chi connectivity index (χ0n) is 15.2. The summed E-state index contributed by atoms with van der Waals surface area (Å²) in [6, 6.07) is 12.8. The maximum atomic E-state index is 12.6. The Hall–Kier alpha value is -3.48. The maximum Gasteiger partial charge on any atom is 0.270 e. The number of nitro groups is 1. The van der Waals surface area contributed by atoms with Crippen molar-refractivity contribution in [1.29, 1.82) is 0 Å². The van der Waals surface area contributed by atoms with E-state index in [1.165, 1.54) is 24.3 Å². The van der Waals surface area contributed by atoms with Gasteiger partial charge in [0, 0.05) is 31.3 Å². The third-order valence-electron chi connectivity index (χ3n) is 3.97. The van der Waals surface area contributed by atoms with Gasteiger partial charge in [0.05, 0.1) is 16.2 Å². The number of para-hydroxylation sites is 1. The van der Waals surface area contributed by atoms with Crippen molar-refractivity contribution < 1.29 is 14.5 Å². The van der Waals surface area contributed by atoms with Gasteiger partial charge in [-0.15, -0.1) is 0 Å². The zero-order valence-corrected chi connectivity index (χ0v) is 15.2. The summed E-state index contributed by atoms with van der Waals surface area (Å²) < 4.78 is 0. The fourth-order valence-corrected chi connectivity index (χ4v) is 2.55. The van der Waals surface area contributed by atoms with Crippen LogP contribution in [0.2, 0.25) is 0 Å². The highest BCUT2D eigenvalue weighted by Gasteiger charge is 2.16. The summed E-state index contributed by atoms with van der Waals surface area (Å²) in [7, 11) is 0. The van der Waals surface area contributed by atoms with Crippen molar-refractivity contribution in [2.24, 2.45) is 0 Å². The van der Waals surface area contributed by atoms with E-state index in [1.807, 2.05) is 13.8 Å². The number of rotatable bonds is 7. The Kier molecular flexibility index (Phi) is 6.82. The van der Waals surface area contributed by atoms with Crippen molar-refractivity contribution >= 4 is 29.3 Å². The summed E-state index contributed by atoms with van der Waals surface area (Å²) >= 11 is 0. The Balaban J connectivity index is 2.16. The molecule has 2 rings (SSSR count). The number of nitrogens with zero attached hydrogens (tertiary/aromatic N) is 2. The SMILES string of the molecule is CCN(CC)C(=O)c1ccccc1NC(=O)/C=C/c1cccc([N+](=O)[O-])c1. The van der Waals surface area contributed by atoms with Crippen LogP contribution in [0.3, 0.4) is 0 Å². The molecular formula is C20H21N3O4. The van der Waals surface area contributed by atoms with Gasteiger partial charge in [0.15, 0.2) is 0 Å². The van der Waals surface area contributed by atoms with Crippen LogP contribution < -0.4 is 5.32 Å². The van der Waals surface area contributed by atoms with Crippen LogP contribution in [0.25, 0.3) is 6.08 Å². The summed E-state index contributed by atoms with van der Waals surface area (Å²) in [6.07, 6.45) is 2.76. The first-order valence-corrected chi connectivity index (χ1v) is 8.58. The van der Waals surface area contributed by atoms with Crippen LogP contribution in [0.5, 0.6) is 0 Å². The first-order valence-electron chi connectivity index (χ1n) is 8.58. The number of hydrogen-bond donors (Lipinski definition) is 1. The molecule has 0 radical (unpaired) electrons. The molecule has 0 aliphatic heterocycles. The Morgan fingerprint density at radius 1 is 1.11 bits per heavy atom. The van der Waals surface area contributed by atoms with E-state index >= 15 is 0 Å². The van der Waals surface area contributed by atoms with E-state index in [1.54, 1.807) is 41.3 Å². The van der Waals surface area contributed by atoms with Crippen molar-refractivity contribution in [3.05, 3.63) is 75.8 Å². The minimum Gasteiger partial charge on any atom is -0.339 e. The highest BCUT2D eigenvalue weighted by molar-refractivity contribution is 6.07. The molecule has 1 N–H and O–H groups in total. The molecular weight excluding hydrogens is 346 g/mol. The predicted octanol–water partition coefficient (Wildman–Crippen LogP) is 3.73. The number of amides is 2. The normalized spacial score (nSPS) is 10.6. The molecule has 0 aromatic heterocycles. The van der Waals surface area contributed by atoms with Crippen LogP contribution >= 0.6 is 0 Å². The monoisotopic (exact) mass is 367 g/mol. The average Bonchev–Trinajstić information content (AvgIpc) is 2.68. The third kappa shape index (κ3) is 5.24. The second-order valence-corrected chi connectivity index (χ2v) is 5.70. The molecule has 7 heteroatoms. The fourth-order valence-electron chi connectivity index (χ4n) is 2.55. The third-order valence-corrected chi connectivity index (χ3v) is 3.97. The molecule has 2 amide bonds. The van der Waals surface area contributed by atoms with E-state index in [4.69, 9.17) is 0 Å². The Labute approximate surface area is 157 Å². The average molecular weight is 367 g/mol. The van der Waals surface area contributed by atoms with Gasteiger partial charge in [-0.2, -0.15) is 0 Å². The highest BCUT2D eigenvalue weighted by Crippen LogP contribution is 2.18. The molecule has 2 aromatic carbocycles. The number of nitrogens with one attached hydrogen (secondary N) is 1. The molecule has 0 saturated heterocycles. The summed E-state index contributed by atoms with van der Waals surface area (Å²) in [4.78, 5) is 36.8. The summed E-state index contributed by atoms with van der Waals surface area (Å²) in [5.41, 5.74) is 1.32. The van der Waals surface area contributed by atoms with Gasteiger partial charge < -0.3 is 10.2 Å². The number of hydrogen-bond acceptors (Lipinski definition) is 4. The van der Waals surface area contributed by atoms with Crippen LogP contribution in [0, 0.1) is 10.1 Å². The van der Waals surface area contributed by atoms with Crippen LogP contribution in [-0.2, 0) is 4.79 Å². The van der Waals surface area contributed by atoms with Crippen molar-refractivity contribution in [1.82, 2.24) is 4.90 Å². The van der Waals surface area contributed by atoms with Gasteiger partial charge in [0.25, 0.3) is 11.6 Å². The topological polar surface area (TPSA) is 92.6 Å². The van der Waals surface area contributed by atoms with Crippen LogP contribution in [0.4, 0.5) is 11.4 Å². The van der Waals surface area contributed by atoms with Gasteiger partial charge in [-0.05, 0) is 37.6 Å². The van der Waals surface area contributed by atoms with Crippen LogP contribution in [-0.4, -0.2) is 34.7 Å². The smallest absolute Gasteiger partial charge is 0.270 e. The van der Waals surface area contributed by atoms with Gasteiger partial charge in [0.1, 0.15) is 0 Å². The Morgan fingerprint density at radius 3 is 2.48 bits per heavy atom. The van der Waals surface area contributed by atoms with E-state index in [9.17, 15) is 19.7 Å². The van der Waals surface area contributed by atoms with E-state index in [2.05, 4.69) is 5.32 Å². The molecule has 0 saturated carbocycles. The van der Waals surface area contributed by atoms with Gasteiger partial charge >= 0.3 is 0 Å². The lowest BCUT2D eigenvalue weighted by Crippen LogP contribution is -2.31. The summed E-state index contributed by atoms with van der Waals surface area (Å²) in [6.45, 7) is 4.93. The second-order valence-electron chi connectivity index (χ2n) is 5.70. The standard InChI is InChI=1S/C20H21N3O4/c1-3-22(4-2)20(25)17-10-5-6-11-18(17)21-19(24)13-12-15-8-7-9-16(14-15)23(26)27/h5-14H,3-4H2,1-2H3,(H,21,24)/b13-12+. The summed E-state index contributed by atoms with van der Waals surface area (Å²) in [5.74, 6) is -0.583. The number of anilines is 1. The molecule has 0 spiro atoms. The Morgan fingerprint density at radius 2 is 1.81 bits per heavy atom. The van der Waals surface area contributed by atoms with Gasteiger partial charge in [-0.3, -0.25) is 19.7 Å². The molecule has 7 nitrogen and oxygen atoms in total. The maximum absolute atomic E-state index is 12.6. The molecule has 2 aromatic rings. The number of carbonyl (C=O) groups excluding carboxylic acids is 2. The highest BCUT2D eigenvalue weighted by atomic mass is 16.6. The van der Waals surface area contributed by atoms with E-state index < -0.39 is 10.8 Å². The van der Waals surface area contributed by atoms with Gasteiger partial charge in [-0.25, -0.2) is 0 Å². The lowest BCUT2D eigenvalue weighted by Gasteiger charge is -2.20. The number of carbonyl (C=O) groups is 2. The largest absolute Gasteiger partial charge is 0.339 e. The molecule has 0 atom stereocenters. The van der Waals surface area contributed by atoms with Crippen molar-refractivity contribution in [2.45, 2.75) is 13.8 Å². The van der Waals surface area contributed by atoms with Crippen molar-refractivity contribution in [2.75, 3.05) is 18.4 Å². The quantitative estimate of drug-likeness (QED) is 0.458. The second kappa shape index (κ2) is 9.28. The minimum atomic E-state index is -0.494. The first kappa shape index (κ1) is 19.8. The first-order chi connectivity index (χ1) is 13.0. The summed E-state index contributed by atoms with van der Waals surface area (Å²) in [5, 5.41) is 13.5. The number of benzene rings is 2. The Bertz CT molecular complexity index is 873. The number of nitro benzene ring substituents is 1. The van der Waals surface area contributed by atoms with Crippen molar-refractivity contribution in [3.63, 3.8) is 0 Å². The van der Waals surface area contributed by atoms with Crippen LogP contribution in [0.15, 0.2) is 54.6 Å². The molecule has 27 heavy (non-hydrogen) atoms. The molecule has 0 bridgehead atoms. The lowest BCUT2D eigenvalue weighted by atomic mass is 10.1. The molecule has 0 unspecified atom stereocenters. The van der Waals surface area contributed by atoms with E-state index in [0.29, 0.717) is 29.9 Å². The van der Waals surface area contributed by atoms with E-state index in [0.717, 1.165) is 0 Å². The van der Waals surface area contributed by atoms with Gasteiger partial charge in [0.2, 0.25) is 5.91 Å².